The number of nitrogens with zero attached hydrogens (tertiary/aromatic N) is 1. The average Bonchev–Trinajstić information content (AvgIpc) is 2.75. The number of halogens is 1. The zero-order valence-electron chi connectivity index (χ0n) is 17.7. The maximum absolute atomic E-state index is 11.7. The predicted octanol–water partition coefficient (Wildman–Crippen LogP) is 5.73. The average molecular weight is 436 g/mol. The van der Waals surface area contributed by atoms with Crippen LogP contribution in [0.15, 0.2) is 88.1 Å². The Morgan fingerprint density at radius 3 is 2.19 bits per heavy atom. The highest BCUT2D eigenvalue weighted by atomic mass is 35.5. The molecule has 0 aliphatic heterocycles. The molecule has 0 bridgehead atoms. The van der Waals surface area contributed by atoms with Gasteiger partial charge in [0.15, 0.2) is 0 Å². The van der Waals surface area contributed by atoms with Crippen molar-refractivity contribution < 1.29 is 9.15 Å². The van der Waals surface area contributed by atoms with E-state index < -0.39 is 0 Å². The van der Waals surface area contributed by atoms with E-state index in [0.717, 1.165) is 24.0 Å². The van der Waals surface area contributed by atoms with Crippen molar-refractivity contribution in [3.8, 4) is 5.75 Å². The molecule has 0 saturated heterocycles. The molecule has 0 fully saturated rings. The first-order valence-corrected chi connectivity index (χ1v) is 10.0. The van der Waals surface area contributed by atoms with Gasteiger partial charge in [0, 0.05) is 30.1 Å². The summed E-state index contributed by atoms with van der Waals surface area (Å²) in [5, 5.41) is 0.892. The van der Waals surface area contributed by atoms with Gasteiger partial charge >= 0.3 is 5.63 Å². The van der Waals surface area contributed by atoms with Gasteiger partial charge in [-0.3, -0.25) is 4.90 Å². The smallest absolute Gasteiger partial charge is 0.339 e. The molecule has 1 heterocycles. The molecule has 0 amide bonds. The van der Waals surface area contributed by atoms with Crippen LogP contribution in [0.5, 0.6) is 5.75 Å². The predicted molar refractivity (Wildman–Crippen MR) is 127 cm³/mol. The molecule has 0 radical (unpaired) electrons. The highest BCUT2D eigenvalue weighted by molar-refractivity contribution is 5.85. The number of hydrogen-bond acceptors (Lipinski definition) is 4. The lowest BCUT2D eigenvalue weighted by atomic mass is 10.1. The van der Waals surface area contributed by atoms with E-state index in [9.17, 15) is 4.79 Å². The molecule has 5 heteroatoms. The fourth-order valence-corrected chi connectivity index (χ4v) is 3.45. The van der Waals surface area contributed by atoms with E-state index in [4.69, 9.17) is 9.15 Å². The molecule has 31 heavy (non-hydrogen) atoms. The van der Waals surface area contributed by atoms with Gasteiger partial charge in [-0.2, -0.15) is 0 Å². The third-order valence-electron chi connectivity index (χ3n) is 5.06. The van der Waals surface area contributed by atoms with E-state index in [2.05, 4.69) is 60.5 Å². The molecule has 0 saturated carbocycles. The van der Waals surface area contributed by atoms with Gasteiger partial charge in [0.2, 0.25) is 0 Å². The molecule has 160 valence electrons. The van der Waals surface area contributed by atoms with E-state index in [0.29, 0.717) is 23.5 Å². The van der Waals surface area contributed by atoms with Gasteiger partial charge < -0.3 is 9.15 Å². The minimum Gasteiger partial charge on any atom is -0.489 e. The lowest BCUT2D eigenvalue weighted by Crippen LogP contribution is -2.17. The maximum Gasteiger partial charge on any atom is 0.339 e. The first-order chi connectivity index (χ1) is 14.6. The Balaban J connectivity index is 0.00000272. The number of hydrogen-bond donors (Lipinski definition) is 0. The van der Waals surface area contributed by atoms with Crippen LogP contribution in [-0.4, -0.2) is 11.9 Å². The first-order valence-electron chi connectivity index (χ1n) is 10.0. The van der Waals surface area contributed by atoms with Gasteiger partial charge in [-0.15, -0.1) is 12.4 Å². The monoisotopic (exact) mass is 435 g/mol. The van der Waals surface area contributed by atoms with Crippen molar-refractivity contribution in [3.63, 3.8) is 0 Å². The standard InChI is InChI=1S/C26H25NO3.ClH/c1-19-14-23-12-13-24(15-25(23)30-26(19)28)29-18-22-10-8-21(9-11-22)17-27(2)16-20-6-4-3-5-7-20;/h3-15H,16-18H2,1-2H3;1H. The van der Waals surface area contributed by atoms with Gasteiger partial charge in [0.1, 0.15) is 17.9 Å². The maximum atomic E-state index is 11.7. The van der Waals surface area contributed by atoms with Crippen molar-refractivity contribution >= 4 is 23.4 Å². The number of rotatable bonds is 7. The highest BCUT2D eigenvalue weighted by Crippen LogP contribution is 2.21. The fraction of sp³-hybridized carbons (Fsp3) is 0.192. The first kappa shape index (κ1) is 22.6. The largest absolute Gasteiger partial charge is 0.489 e. The molecule has 0 unspecified atom stereocenters. The number of fused-ring (bicyclic) bond motifs is 1. The third-order valence-corrected chi connectivity index (χ3v) is 5.06. The topological polar surface area (TPSA) is 42.7 Å². The Hall–Kier alpha value is -3.08. The summed E-state index contributed by atoms with van der Waals surface area (Å²) >= 11 is 0. The number of ether oxygens (including phenoxy) is 1. The second-order valence-corrected chi connectivity index (χ2v) is 7.68. The zero-order valence-corrected chi connectivity index (χ0v) is 18.5. The van der Waals surface area contributed by atoms with Gasteiger partial charge in [0.25, 0.3) is 0 Å². The summed E-state index contributed by atoms with van der Waals surface area (Å²) in [5.74, 6) is 0.682. The third kappa shape index (κ3) is 5.97. The molecule has 4 aromatic rings. The Labute approximate surface area is 188 Å². The van der Waals surface area contributed by atoms with Crippen LogP contribution in [0.25, 0.3) is 11.0 Å². The molecule has 0 aliphatic carbocycles. The van der Waals surface area contributed by atoms with E-state index in [1.54, 1.807) is 13.0 Å². The summed E-state index contributed by atoms with van der Waals surface area (Å²) in [5.41, 5.74) is 4.50. The molecular weight excluding hydrogens is 410 g/mol. The molecule has 0 N–H and O–H groups in total. The van der Waals surface area contributed by atoms with Crippen molar-refractivity contribution in [2.45, 2.75) is 26.6 Å². The normalized spacial score (nSPS) is 10.8. The van der Waals surface area contributed by atoms with E-state index in [1.807, 2.05) is 24.3 Å². The molecule has 0 atom stereocenters. The molecule has 0 aliphatic rings. The molecule has 4 rings (SSSR count). The fourth-order valence-electron chi connectivity index (χ4n) is 3.45. The molecule has 0 spiro atoms. The Morgan fingerprint density at radius 2 is 1.48 bits per heavy atom. The lowest BCUT2D eigenvalue weighted by Gasteiger charge is -2.17. The van der Waals surface area contributed by atoms with Crippen molar-refractivity contribution in [1.82, 2.24) is 4.90 Å². The Kier molecular flexibility index (Phi) is 7.50. The van der Waals surface area contributed by atoms with Gasteiger partial charge in [-0.05, 0) is 48.9 Å². The molecular formula is C26H26ClNO3. The minimum atomic E-state index is -0.313. The van der Waals surface area contributed by atoms with Gasteiger partial charge in [0.05, 0.1) is 0 Å². The SMILES string of the molecule is Cc1cc2ccc(OCc3ccc(CN(C)Cc4ccccc4)cc3)cc2oc1=O.Cl. The van der Waals surface area contributed by atoms with Gasteiger partial charge in [-0.1, -0.05) is 54.6 Å². The van der Waals surface area contributed by atoms with E-state index in [1.165, 1.54) is 11.1 Å². The van der Waals surface area contributed by atoms with E-state index in [-0.39, 0.29) is 18.0 Å². The van der Waals surface area contributed by atoms with Crippen LogP contribution in [0.2, 0.25) is 0 Å². The number of aryl methyl sites for hydroxylation is 1. The van der Waals surface area contributed by atoms with Crippen LogP contribution in [-0.2, 0) is 19.7 Å². The van der Waals surface area contributed by atoms with E-state index >= 15 is 0 Å². The quantitative estimate of drug-likeness (QED) is 0.347. The van der Waals surface area contributed by atoms with Crippen LogP contribution in [0.1, 0.15) is 22.3 Å². The lowest BCUT2D eigenvalue weighted by molar-refractivity contribution is 0.305. The summed E-state index contributed by atoms with van der Waals surface area (Å²) in [6.07, 6.45) is 0. The van der Waals surface area contributed by atoms with Crippen molar-refractivity contribution in [2.75, 3.05) is 7.05 Å². The summed E-state index contributed by atoms with van der Waals surface area (Å²) in [7, 11) is 2.13. The van der Waals surface area contributed by atoms with Crippen LogP contribution in [0, 0.1) is 6.92 Å². The highest BCUT2D eigenvalue weighted by Gasteiger charge is 2.05. The van der Waals surface area contributed by atoms with Crippen molar-refractivity contribution in [2.24, 2.45) is 0 Å². The summed E-state index contributed by atoms with van der Waals surface area (Å²) in [6.45, 7) is 4.02. The van der Waals surface area contributed by atoms with Crippen LogP contribution in [0.3, 0.4) is 0 Å². The van der Waals surface area contributed by atoms with Crippen LogP contribution >= 0.6 is 12.4 Å². The van der Waals surface area contributed by atoms with Crippen LogP contribution in [0.4, 0.5) is 0 Å². The summed E-state index contributed by atoms with van der Waals surface area (Å²) < 4.78 is 11.2. The second-order valence-electron chi connectivity index (χ2n) is 7.68. The molecule has 3 aromatic carbocycles. The Bertz CT molecular complexity index is 1190. The van der Waals surface area contributed by atoms with Crippen LogP contribution < -0.4 is 10.4 Å². The van der Waals surface area contributed by atoms with Crippen molar-refractivity contribution in [1.29, 1.82) is 0 Å². The molecule has 4 nitrogen and oxygen atoms in total. The summed E-state index contributed by atoms with van der Waals surface area (Å²) in [4.78, 5) is 14.0. The van der Waals surface area contributed by atoms with Crippen molar-refractivity contribution in [3.05, 3.63) is 112 Å². The second kappa shape index (κ2) is 10.3. The summed E-state index contributed by atoms with van der Waals surface area (Å²) in [6, 6.07) is 26.4. The molecule has 1 aromatic heterocycles. The van der Waals surface area contributed by atoms with Gasteiger partial charge in [-0.25, -0.2) is 4.79 Å². The Morgan fingerprint density at radius 1 is 0.839 bits per heavy atom. The number of benzene rings is 3. The zero-order chi connectivity index (χ0) is 20.9. The minimum absolute atomic E-state index is 0.